The zero-order valence-corrected chi connectivity index (χ0v) is 13.4. The predicted octanol–water partition coefficient (Wildman–Crippen LogP) is 1.99. The fourth-order valence-electron chi connectivity index (χ4n) is 2.92. The Hall–Kier alpha value is -2.70. The minimum absolute atomic E-state index is 0.175. The Morgan fingerprint density at radius 1 is 1.33 bits per heavy atom. The molecule has 0 aliphatic carbocycles. The van der Waals surface area contributed by atoms with E-state index < -0.39 is 5.82 Å². The van der Waals surface area contributed by atoms with Crippen LogP contribution >= 0.6 is 0 Å². The highest BCUT2D eigenvalue weighted by Gasteiger charge is 2.25. The average Bonchev–Trinajstić information content (AvgIpc) is 2.61. The maximum atomic E-state index is 13.7. The fourth-order valence-corrected chi connectivity index (χ4v) is 2.92. The molecule has 1 fully saturated rings. The number of hydrogen-bond donors (Lipinski definition) is 1. The first kappa shape index (κ1) is 16.2. The summed E-state index contributed by atoms with van der Waals surface area (Å²) in [4.78, 5) is 22.0. The van der Waals surface area contributed by atoms with E-state index in [0.717, 1.165) is 19.4 Å². The van der Waals surface area contributed by atoms with Crippen LogP contribution in [0, 0.1) is 11.7 Å². The molecule has 126 valence electrons. The third kappa shape index (κ3) is 3.45. The van der Waals surface area contributed by atoms with E-state index >= 15 is 0 Å². The number of ether oxygens (including phenoxy) is 1. The molecule has 0 radical (unpaired) electrons. The van der Waals surface area contributed by atoms with Crippen molar-refractivity contribution < 1.29 is 13.9 Å². The summed E-state index contributed by atoms with van der Waals surface area (Å²) in [5.74, 6) is 0.276. The molecular weight excluding hydrogens is 311 g/mol. The molecule has 3 rings (SSSR count). The molecule has 1 saturated heterocycles. The summed E-state index contributed by atoms with van der Waals surface area (Å²) in [7, 11) is 1.49. The molecule has 24 heavy (non-hydrogen) atoms. The molecule has 0 spiro atoms. The number of primary amides is 1. The number of nitrogens with two attached hydrogens (primary N) is 1. The highest BCUT2D eigenvalue weighted by Crippen LogP contribution is 2.27. The third-order valence-corrected chi connectivity index (χ3v) is 4.20. The van der Waals surface area contributed by atoms with Gasteiger partial charge >= 0.3 is 0 Å². The summed E-state index contributed by atoms with van der Waals surface area (Å²) in [5.41, 5.74) is 6.63. The Balaban J connectivity index is 1.89. The number of benzene rings is 1. The minimum Gasteiger partial charge on any atom is -0.497 e. The summed E-state index contributed by atoms with van der Waals surface area (Å²) in [6.45, 7) is 1.34. The lowest BCUT2D eigenvalue weighted by atomic mass is 9.97. The van der Waals surface area contributed by atoms with Gasteiger partial charge in [0.1, 0.15) is 23.7 Å². The minimum atomic E-state index is -0.392. The Labute approximate surface area is 139 Å². The van der Waals surface area contributed by atoms with E-state index in [1.807, 2.05) is 4.90 Å². The van der Waals surface area contributed by atoms with Gasteiger partial charge in [0.2, 0.25) is 5.91 Å². The first-order valence-corrected chi connectivity index (χ1v) is 7.78. The average molecular weight is 330 g/mol. The zero-order chi connectivity index (χ0) is 17.1. The summed E-state index contributed by atoms with van der Waals surface area (Å²) < 4.78 is 18.8. The third-order valence-electron chi connectivity index (χ3n) is 4.20. The molecule has 2 N–H and O–H groups in total. The van der Waals surface area contributed by atoms with Crippen molar-refractivity contribution in [2.45, 2.75) is 12.8 Å². The Morgan fingerprint density at radius 2 is 2.17 bits per heavy atom. The molecule has 1 unspecified atom stereocenters. The molecule has 7 heteroatoms. The summed E-state index contributed by atoms with van der Waals surface area (Å²) >= 11 is 0. The summed E-state index contributed by atoms with van der Waals surface area (Å²) in [6.07, 6.45) is 3.11. The highest BCUT2D eigenvalue weighted by atomic mass is 19.1. The quantitative estimate of drug-likeness (QED) is 0.927. The van der Waals surface area contributed by atoms with Crippen LogP contribution in [0.1, 0.15) is 12.8 Å². The molecule has 1 aromatic heterocycles. The number of halogens is 1. The lowest BCUT2D eigenvalue weighted by Gasteiger charge is -2.32. The van der Waals surface area contributed by atoms with E-state index in [4.69, 9.17) is 10.5 Å². The molecule has 1 atom stereocenters. The normalized spacial score (nSPS) is 17.6. The predicted molar refractivity (Wildman–Crippen MR) is 88.1 cm³/mol. The van der Waals surface area contributed by atoms with Crippen molar-refractivity contribution in [1.82, 2.24) is 9.97 Å². The number of carbonyl (C=O) groups is 1. The van der Waals surface area contributed by atoms with E-state index in [0.29, 0.717) is 29.4 Å². The molecule has 1 aliphatic rings. The van der Waals surface area contributed by atoms with Gasteiger partial charge in [0.05, 0.1) is 18.7 Å². The zero-order valence-electron chi connectivity index (χ0n) is 13.4. The number of aromatic nitrogens is 2. The Kier molecular flexibility index (Phi) is 4.59. The van der Waals surface area contributed by atoms with Crippen LogP contribution < -0.4 is 15.4 Å². The summed E-state index contributed by atoms with van der Waals surface area (Å²) in [5, 5.41) is 0. The first-order valence-electron chi connectivity index (χ1n) is 7.78. The fraction of sp³-hybridized carbons (Fsp3) is 0.353. The number of rotatable bonds is 4. The second kappa shape index (κ2) is 6.82. The number of anilines is 1. The molecule has 0 bridgehead atoms. The van der Waals surface area contributed by atoms with Crippen molar-refractivity contribution in [2.24, 2.45) is 11.7 Å². The van der Waals surface area contributed by atoms with Crippen LogP contribution in [-0.2, 0) is 4.79 Å². The molecule has 2 aromatic rings. The molecule has 1 aliphatic heterocycles. The lowest BCUT2D eigenvalue weighted by molar-refractivity contribution is -0.122. The second-order valence-electron chi connectivity index (χ2n) is 5.83. The molecular formula is C17H19FN4O2. The van der Waals surface area contributed by atoms with Gasteiger partial charge in [0, 0.05) is 30.8 Å². The van der Waals surface area contributed by atoms with Crippen LogP contribution in [0.3, 0.4) is 0 Å². The van der Waals surface area contributed by atoms with Crippen LogP contribution in [0.5, 0.6) is 5.75 Å². The molecule has 6 nitrogen and oxygen atoms in total. The van der Waals surface area contributed by atoms with Gasteiger partial charge in [-0.15, -0.1) is 0 Å². The van der Waals surface area contributed by atoms with Gasteiger partial charge in [-0.1, -0.05) is 0 Å². The van der Waals surface area contributed by atoms with E-state index in [1.165, 1.54) is 25.6 Å². The van der Waals surface area contributed by atoms with Crippen LogP contribution in [-0.4, -0.2) is 36.1 Å². The SMILES string of the molecule is COc1cc(F)cc(-c2cc(N3CCCC(C(N)=O)C3)ncn2)c1. The van der Waals surface area contributed by atoms with E-state index in [1.54, 1.807) is 12.1 Å². The van der Waals surface area contributed by atoms with Gasteiger partial charge < -0.3 is 15.4 Å². The van der Waals surface area contributed by atoms with Crippen LogP contribution in [0.15, 0.2) is 30.6 Å². The highest BCUT2D eigenvalue weighted by molar-refractivity contribution is 5.77. The van der Waals surface area contributed by atoms with Gasteiger partial charge in [0.15, 0.2) is 0 Å². The van der Waals surface area contributed by atoms with Crippen molar-refractivity contribution in [3.05, 3.63) is 36.4 Å². The largest absolute Gasteiger partial charge is 0.497 e. The molecule has 0 saturated carbocycles. The van der Waals surface area contributed by atoms with Crippen molar-refractivity contribution in [3.8, 4) is 17.0 Å². The van der Waals surface area contributed by atoms with Gasteiger partial charge in [-0.2, -0.15) is 0 Å². The molecule has 1 amide bonds. The number of piperidine rings is 1. The van der Waals surface area contributed by atoms with E-state index in [-0.39, 0.29) is 11.8 Å². The molecule has 2 heterocycles. The maximum absolute atomic E-state index is 13.7. The van der Waals surface area contributed by atoms with Gasteiger partial charge in [-0.25, -0.2) is 14.4 Å². The first-order chi connectivity index (χ1) is 11.6. The van der Waals surface area contributed by atoms with Crippen LogP contribution in [0.25, 0.3) is 11.3 Å². The molecule has 1 aromatic carbocycles. The van der Waals surface area contributed by atoms with Gasteiger partial charge in [0.25, 0.3) is 0 Å². The smallest absolute Gasteiger partial charge is 0.222 e. The Morgan fingerprint density at radius 3 is 2.92 bits per heavy atom. The lowest BCUT2D eigenvalue weighted by Crippen LogP contribution is -2.41. The van der Waals surface area contributed by atoms with Crippen molar-refractivity contribution in [2.75, 3.05) is 25.1 Å². The number of nitrogens with zero attached hydrogens (tertiary/aromatic N) is 3. The van der Waals surface area contributed by atoms with Crippen molar-refractivity contribution in [3.63, 3.8) is 0 Å². The van der Waals surface area contributed by atoms with Crippen molar-refractivity contribution >= 4 is 11.7 Å². The van der Waals surface area contributed by atoms with Gasteiger partial charge in [-0.3, -0.25) is 4.79 Å². The maximum Gasteiger partial charge on any atom is 0.222 e. The number of hydrogen-bond acceptors (Lipinski definition) is 5. The van der Waals surface area contributed by atoms with Crippen LogP contribution in [0.4, 0.5) is 10.2 Å². The van der Waals surface area contributed by atoms with Crippen LogP contribution in [0.2, 0.25) is 0 Å². The monoisotopic (exact) mass is 330 g/mol. The van der Waals surface area contributed by atoms with E-state index in [9.17, 15) is 9.18 Å². The second-order valence-corrected chi connectivity index (χ2v) is 5.83. The number of carbonyl (C=O) groups excluding carboxylic acids is 1. The van der Waals surface area contributed by atoms with Crippen molar-refractivity contribution in [1.29, 1.82) is 0 Å². The van der Waals surface area contributed by atoms with Gasteiger partial charge in [-0.05, 0) is 25.0 Å². The number of amides is 1. The Bertz CT molecular complexity index is 753. The standard InChI is InChI=1S/C17H19FN4O2/c1-24-14-6-12(5-13(18)7-14)15-8-16(21-10-20-15)22-4-2-3-11(9-22)17(19)23/h5-8,10-11H,2-4,9H2,1H3,(H2,19,23). The summed E-state index contributed by atoms with van der Waals surface area (Å²) in [6, 6.07) is 6.22. The van der Waals surface area contributed by atoms with E-state index in [2.05, 4.69) is 9.97 Å². The number of methoxy groups -OCH3 is 1. The topological polar surface area (TPSA) is 81.3 Å².